The SMILES string of the molecule is CC(C)(C#N)CNC(=O)Nc1ccc(F)cc1. The normalized spacial score (nSPS) is 10.5. The predicted octanol–water partition coefficient (Wildman–Crippen LogP) is 2.50. The highest BCUT2D eigenvalue weighted by Crippen LogP contribution is 2.11. The number of halogens is 1. The predicted molar refractivity (Wildman–Crippen MR) is 62.8 cm³/mol. The Bertz CT molecular complexity index is 434. The molecule has 1 rings (SSSR count). The van der Waals surface area contributed by atoms with E-state index in [9.17, 15) is 9.18 Å². The summed E-state index contributed by atoms with van der Waals surface area (Å²) in [4.78, 5) is 11.4. The summed E-state index contributed by atoms with van der Waals surface area (Å²) in [6.07, 6.45) is 0. The summed E-state index contributed by atoms with van der Waals surface area (Å²) >= 11 is 0. The largest absolute Gasteiger partial charge is 0.336 e. The van der Waals surface area contributed by atoms with Crippen molar-refractivity contribution in [3.05, 3.63) is 30.1 Å². The first-order chi connectivity index (χ1) is 7.93. The number of nitrogens with zero attached hydrogens (tertiary/aromatic N) is 1. The second-order valence-corrected chi connectivity index (χ2v) is 4.31. The van der Waals surface area contributed by atoms with Crippen LogP contribution in [-0.2, 0) is 0 Å². The van der Waals surface area contributed by atoms with Gasteiger partial charge in [-0.3, -0.25) is 0 Å². The lowest BCUT2D eigenvalue weighted by molar-refractivity contribution is 0.249. The zero-order valence-corrected chi connectivity index (χ0v) is 9.75. The van der Waals surface area contributed by atoms with Crippen molar-refractivity contribution >= 4 is 11.7 Å². The summed E-state index contributed by atoms with van der Waals surface area (Å²) < 4.78 is 12.6. The van der Waals surface area contributed by atoms with Gasteiger partial charge in [0.2, 0.25) is 0 Å². The van der Waals surface area contributed by atoms with Crippen LogP contribution >= 0.6 is 0 Å². The molecule has 0 aliphatic rings. The van der Waals surface area contributed by atoms with Crippen molar-refractivity contribution in [2.24, 2.45) is 5.41 Å². The smallest absolute Gasteiger partial charge is 0.319 e. The fourth-order valence-electron chi connectivity index (χ4n) is 1.05. The average molecular weight is 235 g/mol. The maximum absolute atomic E-state index is 12.6. The second-order valence-electron chi connectivity index (χ2n) is 4.31. The summed E-state index contributed by atoms with van der Waals surface area (Å²) in [5.41, 5.74) is -0.112. The molecule has 0 saturated carbocycles. The third-order valence-electron chi connectivity index (χ3n) is 2.10. The molecule has 0 aromatic heterocycles. The van der Waals surface area contributed by atoms with E-state index in [2.05, 4.69) is 16.7 Å². The highest BCUT2D eigenvalue weighted by atomic mass is 19.1. The van der Waals surface area contributed by atoms with Crippen molar-refractivity contribution in [1.29, 1.82) is 5.26 Å². The van der Waals surface area contributed by atoms with Crippen molar-refractivity contribution in [3.63, 3.8) is 0 Å². The second kappa shape index (κ2) is 5.30. The van der Waals surface area contributed by atoms with E-state index in [-0.39, 0.29) is 12.4 Å². The minimum Gasteiger partial charge on any atom is -0.336 e. The number of urea groups is 1. The van der Waals surface area contributed by atoms with Gasteiger partial charge in [0, 0.05) is 12.2 Å². The Morgan fingerprint density at radius 3 is 2.53 bits per heavy atom. The van der Waals surface area contributed by atoms with E-state index >= 15 is 0 Å². The van der Waals surface area contributed by atoms with Crippen LogP contribution in [-0.4, -0.2) is 12.6 Å². The van der Waals surface area contributed by atoms with Gasteiger partial charge in [-0.25, -0.2) is 9.18 Å². The molecule has 0 radical (unpaired) electrons. The van der Waals surface area contributed by atoms with Crippen molar-refractivity contribution in [2.45, 2.75) is 13.8 Å². The van der Waals surface area contributed by atoms with Crippen molar-refractivity contribution in [2.75, 3.05) is 11.9 Å². The van der Waals surface area contributed by atoms with Crippen LogP contribution in [0.15, 0.2) is 24.3 Å². The van der Waals surface area contributed by atoms with Crippen LogP contribution < -0.4 is 10.6 Å². The molecule has 0 atom stereocenters. The lowest BCUT2D eigenvalue weighted by Crippen LogP contribution is -2.36. The third-order valence-corrected chi connectivity index (χ3v) is 2.10. The number of carbonyl (C=O) groups excluding carboxylic acids is 1. The average Bonchev–Trinajstić information content (AvgIpc) is 2.30. The molecule has 0 spiro atoms. The Morgan fingerprint density at radius 2 is 2.00 bits per heavy atom. The number of benzene rings is 1. The molecule has 17 heavy (non-hydrogen) atoms. The number of nitrogens with one attached hydrogen (secondary N) is 2. The maximum atomic E-state index is 12.6. The molecular formula is C12H14FN3O. The van der Waals surface area contributed by atoms with Gasteiger partial charge in [-0.15, -0.1) is 0 Å². The van der Waals surface area contributed by atoms with Gasteiger partial charge in [0.1, 0.15) is 5.82 Å². The monoisotopic (exact) mass is 235 g/mol. The molecule has 5 heteroatoms. The first-order valence-corrected chi connectivity index (χ1v) is 5.15. The Morgan fingerprint density at radius 1 is 1.41 bits per heavy atom. The molecule has 1 aromatic rings. The van der Waals surface area contributed by atoms with E-state index < -0.39 is 11.4 Å². The van der Waals surface area contributed by atoms with Gasteiger partial charge in [0.05, 0.1) is 11.5 Å². The Hall–Kier alpha value is -2.09. The molecule has 2 N–H and O–H groups in total. The molecular weight excluding hydrogens is 221 g/mol. The molecule has 0 bridgehead atoms. The van der Waals surface area contributed by atoms with E-state index in [0.717, 1.165) is 0 Å². The van der Waals surface area contributed by atoms with E-state index in [1.807, 2.05) is 0 Å². The Labute approximate surface area is 99.4 Å². The molecule has 90 valence electrons. The summed E-state index contributed by atoms with van der Waals surface area (Å²) in [6, 6.07) is 7.10. The third kappa shape index (κ3) is 4.51. The molecule has 1 aromatic carbocycles. The molecule has 0 aliphatic carbocycles. The standard InChI is InChI=1S/C12H14FN3O/c1-12(2,7-14)8-15-11(17)16-10-5-3-9(13)4-6-10/h3-6H,8H2,1-2H3,(H2,15,16,17). The van der Waals surface area contributed by atoms with Crippen LogP contribution in [0.2, 0.25) is 0 Å². The fraction of sp³-hybridized carbons (Fsp3) is 0.333. The lowest BCUT2D eigenvalue weighted by Gasteiger charge is -2.16. The number of carbonyl (C=O) groups is 1. The van der Waals surface area contributed by atoms with E-state index in [0.29, 0.717) is 5.69 Å². The van der Waals surface area contributed by atoms with Gasteiger partial charge in [-0.2, -0.15) is 5.26 Å². The van der Waals surface area contributed by atoms with E-state index in [4.69, 9.17) is 5.26 Å². The van der Waals surface area contributed by atoms with Crippen LogP contribution in [0.25, 0.3) is 0 Å². The molecule has 0 fully saturated rings. The van der Waals surface area contributed by atoms with Gasteiger partial charge in [0.25, 0.3) is 0 Å². The van der Waals surface area contributed by atoms with Crippen LogP contribution in [0.5, 0.6) is 0 Å². The minimum atomic E-state index is -0.611. The molecule has 0 heterocycles. The lowest BCUT2D eigenvalue weighted by atomic mass is 9.96. The van der Waals surface area contributed by atoms with Crippen LogP contribution in [0, 0.1) is 22.6 Å². The summed E-state index contributed by atoms with van der Waals surface area (Å²) in [6.45, 7) is 3.70. The summed E-state index contributed by atoms with van der Waals surface area (Å²) in [5.74, 6) is -0.360. The molecule has 2 amide bonds. The number of anilines is 1. The summed E-state index contributed by atoms with van der Waals surface area (Å²) in [5, 5.41) is 13.9. The van der Waals surface area contributed by atoms with Gasteiger partial charge in [-0.05, 0) is 38.1 Å². The minimum absolute atomic E-state index is 0.247. The zero-order valence-electron chi connectivity index (χ0n) is 9.75. The Balaban J connectivity index is 2.46. The number of rotatable bonds is 3. The maximum Gasteiger partial charge on any atom is 0.319 e. The first kappa shape index (κ1) is 13.0. The number of hydrogen-bond acceptors (Lipinski definition) is 2. The topological polar surface area (TPSA) is 64.9 Å². The Kier molecular flexibility index (Phi) is 4.05. The van der Waals surface area contributed by atoms with Crippen molar-refractivity contribution in [3.8, 4) is 6.07 Å². The van der Waals surface area contributed by atoms with E-state index in [1.165, 1.54) is 24.3 Å². The van der Waals surface area contributed by atoms with Crippen molar-refractivity contribution < 1.29 is 9.18 Å². The first-order valence-electron chi connectivity index (χ1n) is 5.15. The quantitative estimate of drug-likeness (QED) is 0.845. The molecule has 0 aliphatic heterocycles. The highest BCUT2D eigenvalue weighted by molar-refractivity contribution is 5.89. The summed E-state index contributed by atoms with van der Waals surface area (Å²) in [7, 11) is 0. The van der Waals surface area contributed by atoms with Gasteiger partial charge < -0.3 is 10.6 Å². The van der Waals surface area contributed by atoms with Gasteiger partial charge in [-0.1, -0.05) is 0 Å². The van der Waals surface area contributed by atoms with Gasteiger partial charge in [0.15, 0.2) is 0 Å². The molecule has 0 saturated heterocycles. The number of hydrogen-bond donors (Lipinski definition) is 2. The molecule has 0 unspecified atom stereocenters. The zero-order chi connectivity index (χ0) is 12.9. The van der Waals surface area contributed by atoms with Crippen LogP contribution in [0.4, 0.5) is 14.9 Å². The van der Waals surface area contributed by atoms with E-state index in [1.54, 1.807) is 13.8 Å². The fourth-order valence-corrected chi connectivity index (χ4v) is 1.05. The molecule has 4 nitrogen and oxygen atoms in total. The van der Waals surface area contributed by atoms with Gasteiger partial charge >= 0.3 is 6.03 Å². The van der Waals surface area contributed by atoms with Crippen molar-refractivity contribution in [1.82, 2.24) is 5.32 Å². The van der Waals surface area contributed by atoms with Crippen LogP contribution in [0.1, 0.15) is 13.8 Å². The number of nitriles is 1. The number of amides is 2. The highest BCUT2D eigenvalue weighted by Gasteiger charge is 2.17. The van der Waals surface area contributed by atoms with Crippen LogP contribution in [0.3, 0.4) is 0 Å².